The minimum atomic E-state index is -0.837. The second kappa shape index (κ2) is 5.40. The van der Waals surface area contributed by atoms with Crippen LogP contribution in [0.1, 0.15) is 0 Å². The van der Waals surface area contributed by atoms with Gasteiger partial charge in [-0.25, -0.2) is 13.9 Å². The van der Waals surface area contributed by atoms with E-state index in [2.05, 4.69) is 10.1 Å². The summed E-state index contributed by atoms with van der Waals surface area (Å²) in [6, 6.07) is 4.35. The van der Waals surface area contributed by atoms with Crippen LogP contribution >= 0.6 is 11.3 Å². The van der Waals surface area contributed by atoms with Crippen molar-refractivity contribution >= 4 is 21.4 Å². The summed E-state index contributed by atoms with van der Waals surface area (Å²) in [6.07, 6.45) is 1.69. The van der Waals surface area contributed by atoms with E-state index < -0.39 is 5.60 Å². The summed E-state index contributed by atoms with van der Waals surface area (Å²) in [5.74, 6) is 0.0600. The Balaban J connectivity index is 1.71. The van der Waals surface area contributed by atoms with Gasteiger partial charge < -0.3 is 20.5 Å². The number of anilines is 1. The molecule has 0 aliphatic carbocycles. The summed E-state index contributed by atoms with van der Waals surface area (Å²) in [7, 11) is 1.50. The minimum absolute atomic E-state index is 0.226. The first kappa shape index (κ1) is 15.3. The highest BCUT2D eigenvalue weighted by molar-refractivity contribution is 7.20. The Morgan fingerprint density at radius 3 is 2.96 bits per heavy atom. The van der Waals surface area contributed by atoms with Crippen LogP contribution in [0.3, 0.4) is 0 Å². The standard InChI is InChI=1S/C15H16FN5O2S/c1-23-12-4-9(16)2-3-10(12)11-5-18-13-21(11)19-14(24-13)20-7-15(22,6-17)8-20/h2-5,22H,6-8,17H2,1H3. The molecular weight excluding hydrogens is 333 g/mol. The van der Waals surface area contributed by atoms with E-state index in [-0.39, 0.29) is 12.4 Å². The lowest BCUT2D eigenvalue weighted by molar-refractivity contribution is 0.0208. The largest absolute Gasteiger partial charge is 0.496 e. The van der Waals surface area contributed by atoms with Gasteiger partial charge in [-0.3, -0.25) is 0 Å². The van der Waals surface area contributed by atoms with Crippen LogP contribution in [0, 0.1) is 5.82 Å². The van der Waals surface area contributed by atoms with E-state index in [0.717, 1.165) is 15.8 Å². The highest BCUT2D eigenvalue weighted by Crippen LogP contribution is 2.35. The fourth-order valence-corrected chi connectivity index (χ4v) is 3.67. The van der Waals surface area contributed by atoms with Crippen molar-refractivity contribution in [1.29, 1.82) is 0 Å². The Morgan fingerprint density at radius 1 is 1.46 bits per heavy atom. The Bertz CT molecular complexity index is 903. The topological polar surface area (TPSA) is 88.9 Å². The number of hydrogen-bond donors (Lipinski definition) is 2. The number of β-amino-alcohol motifs (C(OH)–C–C–N with tert-alkyl or cyclic N) is 1. The normalized spacial score (nSPS) is 16.4. The van der Waals surface area contributed by atoms with Crippen LogP contribution in [0.2, 0.25) is 0 Å². The molecule has 1 aromatic carbocycles. The highest BCUT2D eigenvalue weighted by atomic mass is 32.1. The Labute approximate surface area is 141 Å². The van der Waals surface area contributed by atoms with Crippen LogP contribution in [0.25, 0.3) is 16.2 Å². The predicted molar refractivity (Wildman–Crippen MR) is 89.0 cm³/mol. The number of benzene rings is 1. The number of nitrogens with zero attached hydrogens (tertiary/aromatic N) is 4. The van der Waals surface area contributed by atoms with E-state index in [0.29, 0.717) is 24.4 Å². The number of rotatable bonds is 4. The van der Waals surface area contributed by atoms with Gasteiger partial charge in [0.05, 0.1) is 32.1 Å². The van der Waals surface area contributed by atoms with Gasteiger partial charge in [-0.1, -0.05) is 11.3 Å². The van der Waals surface area contributed by atoms with Crippen LogP contribution in [0.4, 0.5) is 9.52 Å². The molecule has 1 fully saturated rings. The lowest BCUT2D eigenvalue weighted by Gasteiger charge is -2.45. The third-order valence-corrected chi connectivity index (χ3v) is 5.12. The second-order valence-electron chi connectivity index (χ2n) is 5.85. The molecule has 3 aromatic rings. The monoisotopic (exact) mass is 349 g/mol. The SMILES string of the molecule is COc1cc(F)ccc1-c1cnc2sc(N3CC(O)(CN)C3)nn12. The fraction of sp³-hybridized carbons (Fsp3) is 0.333. The zero-order valence-corrected chi connectivity index (χ0v) is 13.8. The van der Waals surface area contributed by atoms with Gasteiger partial charge in [-0.15, -0.1) is 5.10 Å². The number of nitrogens with two attached hydrogens (primary N) is 1. The van der Waals surface area contributed by atoms with E-state index in [1.807, 2.05) is 4.90 Å². The van der Waals surface area contributed by atoms with Gasteiger partial charge in [0.25, 0.3) is 0 Å². The zero-order chi connectivity index (χ0) is 16.9. The first-order valence-electron chi connectivity index (χ1n) is 7.39. The molecule has 0 atom stereocenters. The minimum Gasteiger partial charge on any atom is -0.496 e. The van der Waals surface area contributed by atoms with Gasteiger partial charge in [0, 0.05) is 18.2 Å². The van der Waals surface area contributed by atoms with Crippen molar-refractivity contribution in [3.8, 4) is 17.0 Å². The van der Waals surface area contributed by atoms with Gasteiger partial charge in [-0.2, -0.15) is 0 Å². The molecule has 1 aliphatic rings. The van der Waals surface area contributed by atoms with Gasteiger partial charge >= 0.3 is 0 Å². The van der Waals surface area contributed by atoms with Crippen LogP contribution in [-0.4, -0.2) is 52.0 Å². The molecule has 1 aliphatic heterocycles. The Kier molecular flexibility index (Phi) is 3.44. The average molecular weight is 349 g/mol. The number of aromatic nitrogens is 3. The van der Waals surface area contributed by atoms with Crippen LogP contribution in [0.5, 0.6) is 5.75 Å². The molecule has 0 amide bonds. The molecule has 24 heavy (non-hydrogen) atoms. The van der Waals surface area contributed by atoms with Gasteiger partial charge in [0.2, 0.25) is 10.1 Å². The van der Waals surface area contributed by atoms with E-state index in [1.54, 1.807) is 16.8 Å². The van der Waals surface area contributed by atoms with Crippen LogP contribution in [-0.2, 0) is 0 Å². The molecule has 0 spiro atoms. The Hall–Kier alpha value is -2.23. The summed E-state index contributed by atoms with van der Waals surface area (Å²) >= 11 is 1.42. The number of hydrogen-bond acceptors (Lipinski definition) is 7. The van der Waals surface area contributed by atoms with E-state index in [9.17, 15) is 9.50 Å². The van der Waals surface area contributed by atoms with Crippen molar-refractivity contribution in [2.75, 3.05) is 31.6 Å². The van der Waals surface area contributed by atoms with Crippen molar-refractivity contribution in [1.82, 2.24) is 14.6 Å². The van der Waals surface area contributed by atoms with E-state index in [1.165, 1.54) is 30.6 Å². The first-order chi connectivity index (χ1) is 11.5. The summed E-state index contributed by atoms with van der Waals surface area (Å²) in [5.41, 5.74) is 6.15. The van der Waals surface area contributed by atoms with Gasteiger partial charge in [0.15, 0.2) is 0 Å². The third-order valence-electron chi connectivity index (χ3n) is 4.14. The molecule has 7 nitrogen and oxygen atoms in total. The van der Waals surface area contributed by atoms with Crippen LogP contribution < -0.4 is 15.4 Å². The maximum absolute atomic E-state index is 13.4. The molecule has 4 rings (SSSR count). The number of imidazole rings is 1. The molecule has 126 valence electrons. The summed E-state index contributed by atoms with van der Waals surface area (Å²) in [4.78, 5) is 7.04. The first-order valence-corrected chi connectivity index (χ1v) is 8.20. The number of fused-ring (bicyclic) bond motifs is 1. The number of methoxy groups -OCH3 is 1. The van der Waals surface area contributed by atoms with Gasteiger partial charge in [-0.05, 0) is 12.1 Å². The zero-order valence-electron chi connectivity index (χ0n) is 12.9. The maximum atomic E-state index is 13.4. The molecule has 9 heteroatoms. The van der Waals surface area contributed by atoms with Gasteiger partial charge in [0.1, 0.15) is 17.2 Å². The predicted octanol–water partition coefficient (Wildman–Crippen LogP) is 1.12. The van der Waals surface area contributed by atoms with Crippen molar-refractivity contribution < 1.29 is 14.2 Å². The van der Waals surface area contributed by atoms with E-state index in [4.69, 9.17) is 10.5 Å². The third kappa shape index (κ3) is 2.32. The quantitative estimate of drug-likeness (QED) is 0.734. The number of ether oxygens (including phenoxy) is 1. The molecule has 1 saturated heterocycles. The fourth-order valence-electron chi connectivity index (χ4n) is 2.80. The van der Waals surface area contributed by atoms with Crippen molar-refractivity contribution in [2.24, 2.45) is 5.73 Å². The summed E-state index contributed by atoms with van der Waals surface area (Å²) in [5, 5.41) is 15.4. The number of aliphatic hydroxyl groups is 1. The molecule has 0 bridgehead atoms. The summed E-state index contributed by atoms with van der Waals surface area (Å²) in [6.45, 7) is 1.13. The molecular formula is C15H16FN5O2S. The van der Waals surface area contributed by atoms with Crippen molar-refractivity contribution in [2.45, 2.75) is 5.60 Å². The average Bonchev–Trinajstić information content (AvgIpc) is 3.12. The summed E-state index contributed by atoms with van der Waals surface area (Å²) < 4.78 is 20.4. The van der Waals surface area contributed by atoms with Crippen molar-refractivity contribution in [3.05, 3.63) is 30.2 Å². The second-order valence-corrected chi connectivity index (χ2v) is 6.79. The molecule has 2 aromatic heterocycles. The molecule has 3 N–H and O–H groups in total. The van der Waals surface area contributed by atoms with E-state index >= 15 is 0 Å². The van der Waals surface area contributed by atoms with Crippen LogP contribution in [0.15, 0.2) is 24.4 Å². The maximum Gasteiger partial charge on any atom is 0.214 e. The molecule has 3 heterocycles. The molecule has 0 saturated carbocycles. The smallest absolute Gasteiger partial charge is 0.214 e. The molecule has 0 radical (unpaired) electrons. The Morgan fingerprint density at radius 2 is 2.25 bits per heavy atom. The highest BCUT2D eigenvalue weighted by Gasteiger charge is 2.41. The lowest BCUT2D eigenvalue weighted by atomic mass is 9.95. The lowest BCUT2D eigenvalue weighted by Crippen LogP contribution is -2.65. The molecule has 0 unspecified atom stereocenters. The number of halogens is 1. The van der Waals surface area contributed by atoms with Crippen molar-refractivity contribution in [3.63, 3.8) is 0 Å².